The average molecular weight is 226 g/mol. The molecule has 0 aromatic heterocycles. The summed E-state index contributed by atoms with van der Waals surface area (Å²) in [6.07, 6.45) is 2.13. The predicted octanol–water partition coefficient (Wildman–Crippen LogP) is 4.76. The van der Waals surface area contributed by atoms with E-state index in [0.29, 0.717) is 0 Å². The van der Waals surface area contributed by atoms with Gasteiger partial charge in [0.05, 0.1) is 0 Å². The van der Waals surface area contributed by atoms with Gasteiger partial charge in [0.2, 0.25) is 0 Å². The minimum absolute atomic E-state index is 1.24. The van der Waals surface area contributed by atoms with Crippen LogP contribution in [0.3, 0.4) is 0 Å². The van der Waals surface area contributed by atoms with Gasteiger partial charge in [-0.1, -0.05) is 59.8 Å². The van der Waals surface area contributed by atoms with Gasteiger partial charge in [-0.25, -0.2) is 0 Å². The lowest BCUT2D eigenvalue weighted by Gasteiger charge is -1.97. The zero-order valence-electron chi connectivity index (χ0n) is 9.26. The number of rotatable bonds is 3. The van der Waals surface area contributed by atoms with Gasteiger partial charge in [-0.15, -0.1) is 0 Å². The van der Waals surface area contributed by atoms with E-state index in [9.17, 15) is 0 Å². The fourth-order valence-electron chi connectivity index (χ4n) is 1.44. The van der Waals surface area contributed by atoms with E-state index < -0.39 is 0 Å². The third-order valence-corrected chi connectivity index (χ3v) is 3.05. The Morgan fingerprint density at radius 3 is 2.50 bits per heavy atom. The highest BCUT2D eigenvalue weighted by molar-refractivity contribution is 8.02. The quantitative estimate of drug-likeness (QED) is 0.680. The van der Waals surface area contributed by atoms with Crippen LogP contribution in [0.1, 0.15) is 11.1 Å². The first kappa shape index (κ1) is 11.0. The van der Waals surface area contributed by atoms with E-state index in [0.717, 1.165) is 0 Å². The Balaban J connectivity index is 2.00. The second kappa shape index (κ2) is 5.57. The summed E-state index contributed by atoms with van der Waals surface area (Å²) in [5, 5.41) is 2.13. The van der Waals surface area contributed by atoms with E-state index in [1.165, 1.54) is 16.0 Å². The summed E-state index contributed by atoms with van der Waals surface area (Å²) < 4.78 is 0. The van der Waals surface area contributed by atoms with Crippen molar-refractivity contribution >= 4 is 17.8 Å². The maximum atomic E-state index is 2.19. The van der Waals surface area contributed by atoms with Gasteiger partial charge >= 0.3 is 0 Å². The van der Waals surface area contributed by atoms with Crippen LogP contribution in [-0.2, 0) is 0 Å². The first-order valence-electron chi connectivity index (χ1n) is 5.29. The Morgan fingerprint density at radius 2 is 1.75 bits per heavy atom. The van der Waals surface area contributed by atoms with Crippen LogP contribution in [0.2, 0.25) is 0 Å². The van der Waals surface area contributed by atoms with Crippen molar-refractivity contribution in [2.24, 2.45) is 0 Å². The monoisotopic (exact) mass is 226 g/mol. The minimum Gasteiger partial charge on any atom is -0.0980 e. The van der Waals surface area contributed by atoms with Crippen molar-refractivity contribution in [1.29, 1.82) is 0 Å². The maximum Gasteiger partial charge on any atom is 0.0118 e. The lowest BCUT2D eigenvalue weighted by atomic mass is 10.2. The third-order valence-electron chi connectivity index (χ3n) is 2.25. The summed E-state index contributed by atoms with van der Waals surface area (Å²) in [6.45, 7) is 2.12. The zero-order chi connectivity index (χ0) is 11.2. The van der Waals surface area contributed by atoms with Gasteiger partial charge in [0.1, 0.15) is 0 Å². The van der Waals surface area contributed by atoms with Gasteiger partial charge in [0, 0.05) is 4.90 Å². The Hall–Kier alpha value is -1.47. The summed E-state index contributed by atoms with van der Waals surface area (Å²) >= 11 is 1.75. The molecule has 0 fully saturated rings. The van der Waals surface area contributed by atoms with Gasteiger partial charge in [-0.3, -0.25) is 0 Å². The number of hydrogen-bond donors (Lipinski definition) is 0. The molecule has 0 saturated heterocycles. The summed E-state index contributed by atoms with van der Waals surface area (Å²) in [4.78, 5) is 1.28. The zero-order valence-corrected chi connectivity index (χ0v) is 10.1. The fourth-order valence-corrected chi connectivity index (χ4v) is 2.24. The largest absolute Gasteiger partial charge is 0.0980 e. The molecular weight excluding hydrogens is 212 g/mol. The first-order valence-corrected chi connectivity index (χ1v) is 6.17. The van der Waals surface area contributed by atoms with Crippen molar-refractivity contribution in [2.75, 3.05) is 0 Å². The molecule has 0 heterocycles. The molecule has 2 aromatic carbocycles. The SMILES string of the molecule is Cc1cccc(SC=Cc2ccccc2)c1. The van der Waals surface area contributed by atoms with Gasteiger partial charge in [-0.05, 0) is 36.1 Å². The molecule has 0 spiro atoms. The standard InChI is InChI=1S/C15H14S/c1-13-6-5-9-15(12-13)16-11-10-14-7-3-2-4-8-14/h2-12H,1H3. The smallest absolute Gasteiger partial charge is 0.0118 e. The Kier molecular flexibility index (Phi) is 3.84. The van der Waals surface area contributed by atoms with E-state index in [4.69, 9.17) is 0 Å². The summed E-state index contributed by atoms with van der Waals surface area (Å²) in [7, 11) is 0. The highest BCUT2D eigenvalue weighted by atomic mass is 32.2. The molecule has 0 aliphatic heterocycles. The molecule has 0 aliphatic rings. The van der Waals surface area contributed by atoms with Crippen molar-refractivity contribution in [3.63, 3.8) is 0 Å². The van der Waals surface area contributed by atoms with E-state index in [2.05, 4.69) is 66.9 Å². The molecule has 0 nitrogen and oxygen atoms in total. The molecule has 1 heteroatoms. The molecule has 0 amide bonds. The Labute approximate surface area is 101 Å². The van der Waals surface area contributed by atoms with Crippen LogP contribution in [0.4, 0.5) is 0 Å². The molecule has 16 heavy (non-hydrogen) atoms. The van der Waals surface area contributed by atoms with Crippen LogP contribution in [-0.4, -0.2) is 0 Å². The molecule has 0 radical (unpaired) electrons. The molecule has 0 bridgehead atoms. The van der Waals surface area contributed by atoms with Crippen LogP contribution in [0.15, 0.2) is 64.9 Å². The maximum absolute atomic E-state index is 2.19. The number of aryl methyl sites for hydroxylation is 1. The highest BCUT2D eigenvalue weighted by Gasteiger charge is 1.90. The predicted molar refractivity (Wildman–Crippen MR) is 72.5 cm³/mol. The minimum atomic E-state index is 1.24. The Morgan fingerprint density at radius 1 is 0.938 bits per heavy atom. The van der Waals surface area contributed by atoms with E-state index in [1.807, 2.05) is 6.07 Å². The normalized spacial score (nSPS) is 10.8. The van der Waals surface area contributed by atoms with E-state index in [1.54, 1.807) is 11.8 Å². The number of thioether (sulfide) groups is 1. The second-order valence-corrected chi connectivity index (χ2v) is 4.63. The van der Waals surface area contributed by atoms with Crippen molar-refractivity contribution in [2.45, 2.75) is 11.8 Å². The molecule has 0 N–H and O–H groups in total. The van der Waals surface area contributed by atoms with Crippen molar-refractivity contribution in [3.8, 4) is 0 Å². The van der Waals surface area contributed by atoms with Crippen LogP contribution in [0, 0.1) is 6.92 Å². The van der Waals surface area contributed by atoms with Gasteiger partial charge in [-0.2, -0.15) is 0 Å². The van der Waals surface area contributed by atoms with Gasteiger partial charge in [0.25, 0.3) is 0 Å². The van der Waals surface area contributed by atoms with Crippen LogP contribution >= 0.6 is 11.8 Å². The number of benzene rings is 2. The molecule has 0 unspecified atom stereocenters. The van der Waals surface area contributed by atoms with Crippen molar-refractivity contribution in [1.82, 2.24) is 0 Å². The highest BCUT2D eigenvalue weighted by Crippen LogP contribution is 2.21. The topological polar surface area (TPSA) is 0 Å². The lowest BCUT2D eigenvalue weighted by molar-refractivity contribution is 1.37. The molecule has 0 aliphatic carbocycles. The first-order chi connectivity index (χ1) is 7.84. The average Bonchev–Trinajstić information content (AvgIpc) is 2.30. The summed E-state index contributed by atoms with van der Waals surface area (Å²) in [6, 6.07) is 18.9. The fraction of sp³-hybridized carbons (Fsp3) is 0.0667. The van der Waals surface area contributed by atoms with Crippen LogP contribution < -0.4 is 0 Å². The second-order valence-electron chi connectivity index (χ2n) is 3.65. The van der Waals surface area contributed by atoms with Crippen LogP contribution in [0.5, 0.6) is 0 Å². The van der Waals surface area contributed by atoms with Gasteiger partial charge in [0.15, 0.2) is 0 Å². The van der Waals surface area contributed by atoms with Crippen molar-refractivity contribution < 1.29 is 0 Å². The molecule has 80 valence electrons. The number of hydrogen-bond acceptors (Lipinski definition) is 1. The third kappa shape index (κ3) is 3.28. The van der Waals surface area contributed by atoms with Crippen molar-refractivity contribution in [3.05, 3.63) is 71.1 Å². The summed E-state index contributed by atoms with van der Waals surface area (Å²) in [5.74, 6) is 0. The lowest BCUT2D eigenvalue weighted by Crippen LogP contribution is -1.72. The van der Waals surface area contributed by atoms with E-state index >= 15 is 0 Å². The molecule has 0 saturated carbocycles. The molecule has 2 aromatic rings. The molecule has 0 atom stereocenters. The van der Waals surface area contributed by atoms with Crippen LogP contribution in [0.25, 0.3) is 6.08 Å². The summed E-state index contributed by atoms with van der Waals surface area (Å²) in [5.41, 5.74) is 2.54. The molecular formula is C15H14S. The Bertz CT molecular complexity index is 472. The molecule has 2 rings (SSSR count). The van der Waals surface area contributed by atoms with E-state index in [-0.39, 0.29) is 0 Å². The van der Waals surface area contributed by atoms with Gasteiger partial charge < -0.3 is 0 Å².